The zero-order valence-corrected chi connectivity index (χ0v) is 11.7. The minimum absolute atomic E-state index is 0.0560. The predicted octanol–water partition coefficient (Wildman–Crippen LogP) is 2.77. The molecule has 1 aliphatic carbocycles. The second kappa shape index (κ2) is 4.01. The fourth-order valence-corrected chi connectivity index (χ4v) is 3.01. The lowest BCUT2D eigenvalue weighted by atomic mass is 9.85. The fraction of sp³-hybridized carbons (Fsp3) is 0.533. The molecule has 3 nitrogen and oxygen atoms in total. The van der Waals surface area contributed by atoms with Crippen molar-refractivity contribution in [3.05, 3.63) is 28.3 Å². The van der Waals surface area contributed by atoms with Gasteiger partial charge in [-0.2, -0.15) is 0 Å². The van der Waals surface area contributed by atoms with Crippen LogP contribution in [0.1, 0.15) is 49.1 Å². The summed E-state index contributed by atoms with van der Waals surface area (Å²) in [4.78, 5) is 11.4. The highest BCUT2D eigenvalue weighted by Gasteiger charge is 2.42. The molecular weight excluding hydrogens is 226 g/mol. The average molecular weight is 247 g/mol. The van der Waals surface area contributed by atoms with Crippen molar-refractivity contribution in [2.75, 3.05) is 0 Å². The molecule has 1 unspecified atom stereocenters. The van der Waals surface area contributed by atoms with E-state index in [4.69, 9.17) is 0 Å². The lowest BCUT2D eigenvalue weighted by Crippen LogP contribution is -2.34. The van der Waals surface area contributed by atoms with Gasteiger partial charge in [0.2, 0.25) is 5.91 Å². The third-order valence-corrected chi connectivity index (χ3v) is 3.91. The van der Waals surface area contributed by atoms with Gasteiger partial charge in [-0.3, -0.25) is 4.79 Å². The second-order valence-electron chi connectivity index (χ2n) is 6.05. The molecule has 0 fully saturated rings. The zero-order chi connectivity index (χ0) is 13.7. The summed E-state index contributed by atoms with van der Waals surface area (Å²) in [5.41, 5.74) is 4.10. The summed E-state index contributed by atoms with van der Waals surface area (Å²) >= 11 is 0. The highest BCUT2D eigenvalue weighted by atomic mass is 16.3. The number of nitrogens with one attached hydrogen (secondary N) is 1. The first kappa shape index (κ1) is 12.9. The van der Waals surface area contributed by atoms with E-state index in [2.05, 4.69) is 26.1 Å². The van der Waals surface area contributed by atoms with Gasteiger partial charge in [0.15, 0.2) is 0 Å². The smallest absolute Gasteiger partial charge is 0.217 e. The molecule has 0 aromatic heterocycles. The number of carbonyl (C=O) groups excluding carboxylic acids is 1. The number of rotatable bonds is 1. The van der Waals surface area contributed by atoms with Crippen molar-refractivity contribution in [2.24, 2.45) is 5.41 Å². The van der Waals surface area contributed by atoms with E-state index in [-0.39, 0.29) is 17.4 Å². The SMILES string of the molecule is CC(=O)NC1c2c(O)c(C)cc(C)c2CC1(C)C. The Hall–Kier alpha value is -1.51. The maximum Gasteiger partial charge on any atom is 0.217 e. The first-order chi connectivity index (χ1) is 8.24. The predicted molar refractivity (Wildman–Crippen MR) is 71.6 cm³/mol. The Labute approximate surface area is 108 Å². The lowest BCUT2D eigenvalue weighted by Gasteiger charge is -2.28. The number of amides is 1. The standard InChI is InChI=1S/C15H21NO2/c1-8-6-9(2)13(18)12-11(8)7-15(4,5)14(12)16-10(3)17/h6,14,18H,7H2,1-5H3,(H,16,17). The van der Waals surface area contributed by atoms with Crippen LogP contribution < -0.4 is 5.32 Å². The molecule has 0 saturated carbocycles. The zero-order valence-electron chi connectivity index (χ0n) is 11.7. The van der Waals surface area contributed by atoms with Crippen LogP contribution in [0, 0.1) is 19.3 Å². The van der Waals surface area contributed by atoms with Gasteiger partial charge in [0.25, 0.3) is 0 Å². The number of phenolic OH excluding ortho intramolecular Hbond substituents is 1. The van der Waals surface area contributed by atoms with Gasteiger partial charge in [0, 0.05) is 12.5 Å². The molecule has 0 radical (unpaired) electrons. The van der Waals surface area contributed by atoms with Crippen LogP contribution >= 0.6 is 0 Å². The summed E-state index contributed by atoms with van der Waals surface area (Å²) in [6.45, 7) is 9.74. The summed E-state index contributed by atoms with van der Waals surface area (Å²) in [5, 5.41) is 13.3. The van der Waals surface area contributed by atoms with Gasteiger partial charge in [-0.25, -0.2) is 0 Å². The summed E-state index contributed by atoms with van der Waals surface area (Å²) in [5.74, 6) is 0.277. The van der Waals surface area contributed by atoms with Crippen LogP contribution in [0.5, 0.6) is 5.75 Å². The van der Waals surface area contributed by atoms with Crippen molar-refractivity contribution < 1.29 is 9.90 Å². The van der Waals surface area contributed by atoms with E-state index in [0.29, 0.717) is 5.75 Å². The minimum Gasteiger partial charge on any atom is -0.507 e. The summed E-state index contributed by atoms with van der Waals surface area (Å²) in [6.07, 6.45) is 0.882. The molecule has 0 bridgehead atoms. The maximum absolute atomic E-state index is 11.4. The van der Waals surface area contributed by atoms with E-state index in [1.165, 1.54) is 18.1 Å². The van der Waals surface area contributed by atoms with Crippen LogP contribution in [0.15, 0.2) is 6.07 Å². The Morgan fingerprint density at radius 2 is 2.00 bits per heavy atom. The first-order valence-electron chi connectivity index (χ1n) is 6.33. The quantitative estimate of drug-likeness (QED) is 0.801. The molecule has 2 N–H and O–H groups in total. The number of phenols is 1. The highest BCUT2D eigenvalue weighted by molar-refractivity contribution is 5.74. The largest absolute Gasteiger partial charge is 0.507 e. The van der Waals surface area contributed by atoms with Gasteiger partial charge in [-0.15, -0.1) is 0 Å². The second-order valence-corrected chi connectivity index (χ2v) is 6.05. The summed E-state index contributed by atoms with van der Waals surface area (Å²) < 4.78 is 0. The van der Waals surface area contributed by atoms with Crippen LogP contribution in [0.2, 0.25) is 0 Å². The van der Waals surface area contributed by atoms with Crippen LogP contribution in [-0.4, -0.2) is 11.0 Å². The monoisotopic (exact) mass is 247 g/mol. The normalized spacial score (nSPS) is 20.6. The highest BCUT2D eigenvalue weighted by Crippen LogP contribution is 2.50. The van der Waals surface area contributed by atoms with Crippen LogP contribution in [0.3, 0.4) is 0 Å². The van der Waals surface area contributed by atoms with Gasteiger partial charge in [0.1, 0.15) is 5.75 Å². The van der Waals surface area contributed by atoms with Gasteiger partial charge in [-0.05, 0) is 42.4 Å². The maximum atomic E-state index is 11.4. The minimum atomic E-state index is -0.108. The van der Waals surface area contributed by atoms with Gasteiger partial charge >= 0.3 is 0 Å². The van der Waals surface area contributed by atoms with Crippen molar-refractivity contribution >= 4 is 5.91 Å². The number of hydrogen-bond donors (Lipinski definition) is 2. The Morgan fingerprint density at radius 1 is 1.39 bits per heavy atom. The molecule has 1 aliphatic rings. The van der Waals surface area contributed by atoms with E-state index in [1.54, 1.807) is 0 Å². The van der Waals surface area contributed by atoms with E-state index < -0.39 is 0 Å². The molecule has 1 aromatic carbocycles. The Bertz CT molecular complexity index is 518. The van der Waals surface area contributed by atoms with Crippen LogP contribution in [-0.2, 0) is 11.2 Å². The molecular formula is C15H21NO2. The third kappa shape index (κ3) is 1.88. The average Bonchev–Trinajstić information content (AvgIpc) is 2.48. The molecule has 0 saturated heterocycles. The van der Waals surface area contributed by atoms with Crippen molar-refractivity contribution in [1.82, 2.24) is 5.32 Å². The Balaban J connectivity index is 2.62. The number of aryl methyl sites for hydroxylation is 2. The lowest BCUT2D eigenvalue weighted by molar-refractivity contribution is -0.120. The molecule has 3 heteroatoms. The van der Waals surface area contributed by atoms with Crippen LogP contribution in [0.4, 0.5) is 0 Å². The molecule has 1 aromatic rings. The topological polar surface area (TPSA) is 49.3 Å². The Kier molecular flexibility index (Phi) is 2.88. The summed E-state index contributed by atoms with van der Waals surface area (Å²) in [7, 11) is 0. The number of aromatic hydroxyl groups is 1. The number of benzene rings is 1. The van der Waals surface area contributed by atoms with Gasteiger partial charge < -0.3 is 10.4 Å². The van der Waals surface area contributed by atoms with E-state index in [0.717, 1.165) is 17.5 Å². The molecule has 98 valence electrons. The molecule has 0 spiro atoms. The Morgan fingerprint density at radius 3 is 2.56 bits per heavy atom. The van der Waals surface area contributed by atoms with E-state index in [1.807, 2.05) is 13.0 Å². The fourth-order valence-electron chi connectivity index (χ4n) is 3.01. The van der Waals surface area contributed by atoms with Gasteiger partial charge in [0.05, 0.1) is 6.04 Å². The molecule has 1 atom stereocenters. The molecule has 1 amide bonds. The van der Waals surface area contributed by atoms with Crippen molar-refractivity contribution in [2.45, 2.75) is 47.1 Å². The summed E-state index contributed by atoms with van der Waals surface area (Å²) in [6, 6.07) is 1.91. The van der Waals surface area contributed by atoms with Crippen LogP contribution in [0.25, 0.3) is 0 Å². The third-order valence-electron chi connectivity index (χ3n) is 3.91. The van der Waals surface area contributed by atoms with Gasteiger partial charge in [-0.1, -0.05) is 19.9 Å². The van der Waals surface area contributed by atoms with E-state index in [9.17, 15) is 9.90 Å². The molecule has 18 heavy (non-hydrogen) atoms. The molecule has 0 aliphatic heterocycles. The van der Waals surface area contributed by atoms with Crippen molar-refractivity contribution in [3.63, 3.8) is 0 Å². The number of fused-ring (bicyclic) bond motifs is 1. The molecule has 0 heterocycles. The number of hydrogen-bond acceptors (Lipinski definition) is 2. The number of carbonyl (C=O) groups is 1. The van der Waals surface area contributed by atoms with Crippen molar-refractivity contribution in [1.29, 1.82) is 0 Å². The molecule has 2 rings (SSSR count). The van der Waals surface area contributed by atoms with Crippen molar-refractivity contribution in [3.8, 4) is 5.75 Å². The van der Waals surface area contributed by atoms with E-state index >= 15 is 0 Å². The first-order valence-corrected chi connectivity index (χ1v) is 6.33.